The van der Waals surface area contributed by atoms with Gasteiger partial charge in [-0.3, -0.25) is 0 Å². The molecule has 1 rings (SSSR count). The second-order valence-electron chi connectivity index (χ2n) is 3.24. The fourth-order valence-corrected chi connectivity index (χ4v) is 1.10. The standard InChI is InChI=1S/C9H14N2O/c1-3-4-10-9(12)11-6-8-5-7(8)2/h1,7-8H,4-6H2,2H3,(H2,10,11,12). The van der Waals surface area contributed by atoms with Gasteiger partial charge < -0.3 is 10.6 Å². The molecule has 3 heteroatoms. The Labute approximate surface area is 72.9 Å². The summed E-state index contributed by atoms with van der Waals surface area (Å²) in [4.78, 5) is 10.9. The minimum Gasteiger partial charge on any atom is -0.338 e. The summed E-state index contributed by atoms with van der Waals surface area (Å²) in [5.41, 5.74) is 0. The van der Waals surface area contributed by atoms with Crippen molar-refractivity contribution in [2.24, 2.45) is 11.8 Å². The van der Waals surface area contributed by atoms with Crippen LogP contribution in [0.3, 0.4) is 0 Å². The first-order valence-electron chi connectivity index (χ1n) is 4.19. The Hall–Kier alpha value is -1.17. The predicted octanol–water partition coefficient (Wildman–Crippen LogP) is 0.575. The van der Waals surface area contributed by atoms with E-state index in [1.54, 1.807) is 0 Å². The van der Waals surface area contributed by atoms with Gasteiger partial charge in [0.1, 0.15) is 0 Å². The van der Waals surface area contributed by atoms with Crippen molar-refractivity contribution < 1.29 is 4.79 Å². The fourth-order valence-electron chi connectivity index (χ4n) is 1.10. The maximum Gasteiger partial charge on any atom is 0.315 e. The third-order valence-corrected chi connectivity index (χ3v) is 2.15. The van der Waals surface area contributed by atoms with Crippen molar-refractivity contribution in [3.8, 4) is 12.3 Å². The van der Waals surface area contributed by atoms with Crippen LogP contribution >= 0.6 is 0 Å². The molecule has 1 saturated carbocycles. The summed E-state index contributed by atoms with van der Waals surface area (Å²) in [6.45, 7) is 3.26. The number of urea groups is 1. The molecule has 0 heterocycles. The summed E-state index contributed by atoms with van der Waals surface area (Å²) in [6.07, 6.45) is 6.21. The van der Waals surface area contributed by atoms with Crippen LogP contribution in [-0.2, 0) is 0 Å². The number of terminal acetylenes is 1. The molecule has 2 amide bonds. The first-order chi connectivity index (χ1) is 5.74. The van der Waals surface area contributed by atoms with Gasteiger partial charge in [0.2, 0.25) is 0 Å². The van der Waals surface area contributed by atoms with Gasteiger partial charge >= 0.3 is 6.03 Å². The van der Waals surface area contributed by atoms with Crippen molar-refractivity contribution in [3.63, 3.8) is 0 Å². The number of carbonyl (C=O) groups excluding carboxylic acids is 1. The van der Waals surface area contributed by atoms with Gasteiger partial charge in [-0.05, 0) is 18.3 Å². The van der Waals surface area contributed by atoms with Crippen LogP contribution in [0.4, 0.5) is 4.79 Å². The zero-order chi connectivity index (χ0) is 8.97. The Balaban J connectivity index is 2.00. The van der Waals surface area contributed by atoms with Crippen LogP contribution < -0.4 is 10.6 Å². The molecule has 0 bridgehead atoms. The van der Waals surface area contributed by atoms with Crippen molar-refractivity contribution >= 4 is 6.03 Å². The zero-order valence-corrected chi connectivity index (χ0v) is 7.26. The maximum atomic E-state index is 10.9. The topological polar surface area (TPSA) is 41.1 Å². The largest absolute Gasteiger partial charge is 0.338 e. The Morgan fingerprint density at radius 1 is 1.67 bits per heavy atom. The van der Waals surface area contributed by atoms with Crippen LogP contribution in [0, 0.1) is 24.2 Å². The van der Waals surface area contributed by atoms with E-state index in [9.17, 15) is 4.79 Å². The fraction of sp³-hybridized carbons (Fsp3) is 0.667. The molecule has 1 fully saturated rings. The van der Waals surface area contributed by atoms with Gasteiger partial charge in [-0.2, -0.15) is 0 Å². The Morgan fingerprint density at radius 2 is 2.33 bits per heavy atom. The molecule has 66 valence electrons. The predicted molar refractivity (Wildman–Crippen MR) is 47.5 cm³/mol. The lowest BCUT2D eigenvalue weighted by Crippen LogP contribution is -2.36. The Bertz CT molecular complexity index is 207. The normalized spacial score (nSPS) is 25.7. The van der Waals surface area contributed by atoms with Crippen LogP contribution in [0.2, 0.25) is 0 Å². The summed E-state index contributed by atoms with van der Waals surface area (Å²) in [5, 5.41) is 5.31. The smallest absolute Gasteiger partial charge is 0.315 e. The van der Waals surface area contributed by atoms with Crippen molar-refractivity contribution in [2.75, 3.05) is 13.1 Å². The molecule has 0 aromatic carbocycles. The van der Waals surface area contributed by atoms with Gasteiger partial charge in [0.05, 0.1) is 6.54 Å². The number of carbonyl (C=O) groups is 1. The minimum atomic E-state index is -0.160. The molecule has 2 unspecified atom stereocenters. The third kappa shape index (κ3) is 2.83. The van der Waals surface area contributed by atoms with Crippen LogP contribution in [0.25, 0.3) is 0 Å². The number of rotatable bonds is 3. The SMILES string of the molecule is C#CCNC(=O)NCC1CC1C. The average molecular weight is 166 g/mol. The van der Waals surface area contributed by atoms with Gasteiger partial charge in [0.25, 0.3) is 0 Å². The molecule has 1 aliphatic carbocycles. The monoisotopic (exact) mass is 166 g/mol. The molecular formula is C9H14N2O. The van der Waals surface area contributed by atoms with Crippen molar-refractivity contribution in [1.29, 1.82) is 0 Å². The van der Waals surface area contributed by atoms with Gasteiger partial charge in [-0.1, -0.05) is 12.8 Å². The number of nitrogens with one attached hydrogen (secondary N) is 2. The minimum absolute atomic E-state index is 0.160. The van der Waals surface area contributed by atoms with Crippen molar-refractivity contribution in [2.45, 2.75) is 13.3 Å². The number of amides is 2. The first kappa shape index (κ1) is 8.92. The summed E-state index contributed by atoms with van der Waals surface area (Å²) < 4.78 is 0. The van der Waals surface area contributed by atoms with E-state index in [1.165, 1.54) is 6.42 Å². The van der Waals surface area contributed by atoms with E-state index in [4.69, 9.17) is 6.42 Å². The summed E-state index contributed by atoms with van der Waals surface area (Å²) >= 11 is 0. The maximum absolute atomic E-state index is 10.9. The molecule has 0 aromatic rings. The average Bonchev–Trinajstić information content (AvgIpc) is 2.75. The highest BCUT2D eigenvalue weighted by Gasteiger charge is 2.32. The molecule has 0 saturated heterocycles. The lowest BCUT2D eigenvalue weighted by atomic mass is 10.3. The second-order valence-corrected chi connectivity index (χ2v) is 3.24. The van der Waals surface area contributed by atoms with E-state index in [0.717, 1.165) is 12.5 Å². The molecule has 2 N–H and O–H groups in total. The van der Waals surface area contributed by atoms with Gasteiger partial charge in [0, 0.05) is 6.54 Å². The van der Waals surface area contributed by atoms with Crippen LogP contribution in [-0.4, -0.2) is 19.1 Å². The molecule has 12 heavy (non-hydrogen) atoms. The van der Waals surface area contributed by atoms with E-state index in [-0.39, 0.29) is 6.03 Å². The van der Waals surface area contributed by atoms with Gasteiger partial charge in [-0.15, -0.1) is 6.42 Å². The Kier molecular flexibility index (Phi) is 2.98. The molecule has 0 spiro atoms. The molecule has 1 aliphatic rings. The van der Waals surface area contributed by atoms with Crippen LogP contribution in [0.15, 0.2) is 0 Å². The van der Waals surface area contributed by atoms with Crippen molar-refractivity contribution in [3.05, 3.63) is 0 Å². The molecule has 3 nitrogen and oxygen atoms in total. The van der Waals surface area contributed by atoms with E-state index in [2.05, 4.69) is 23.5 Å². The number of hydrogen-bond donors (Lipinski definition) is 2. The lowest BCUT2D eigenvalue weighted by molar-refractivity contribution is 0.241. The van der Waals surface area contributed by atoms with E-state index in [0.29, 0.717) is 12.5 Å². The van der Waals surface area contributed by atoms with Crippen molar-refractivity contribution in [1.82, 2.24) is 10.6 Å². The second kappa shape index (κ2) is 4.01. The molecule has 0 aromatic heterocycles. The highest BCUT2D eigenvalue weighted by Crippen LogP contribution is 2.36. The summed E-state index contributed by atoms with van der Waals surface area (Å²) in [5.74, 6) is 3.80. The molecule has 0 radical (unpaired) electrons. The Morgan fingerprint density at radius 3 is 2.83 bits per heavy atom. The van der Waals surface area contributed by atoms with E-state index >= 15 is 0 Å². The molecule has 2 atom stereocenters. The summed E-state index contributed by atoms with van der Waals surface area (Å²) in [7, 11) is 0. The first-order valence-corrected chi connectivity index (χ1v) is 4.19. The third-order valence-electron chi connectivity index (χ3n) is 2.15. The molecule has 0 aliphatic heterocycles. The van der Waals surface area contributed by atoms with E-state index < -0.39 is 0 Å². The van der Waals surface area contributed by atoms with Gasteiger partial charge in [-0.25, -0.2) is 4.79 Å². The highest BCUT2D eigenvalue weighted by atomic mass is 16.2. The lowest BCUT2D eigenvalue weighted by Gasteiger charge is -2.03. The molecular weight excluding hydrogens is 152 g/mol. The highest BCUT2D eigenvalue weighted by molar-refractivity contribution is 5.74. The summed E-state index contributed by atoms with van der Waals surface area (Å²) in [6, 6.07) is -0.160. The van der Waals surface area contributed by atoms with Gasteiger partial charge in [0.15, 0.2) is 0 Å². The van der Waals surface area contributed by atoms with Crippen LogP contribution in [0.1, 0.15) is 13.3 Å². The van der Waals surface area contributed by atoms with E-state index in [1.807, 2.05) is 0 Å². The van der Waals surface area contributed by atoms with Crippen LogP contribution in [0.5, 0.6) is 0 Å². The quantitative estimate of drug-likeness (QED) is 0.591. The zero-order valence-electron chi connectivity index (χ0n) is 7.26. The number of hydrogen-bond acceptors (Lipinski definition) is 1.